The number of aromatic nitrogens is 4. The fraction of sp³-hybridized carbons (Fsp3) is 0.400. The molecule has 0 saturated carbocycles. The second-order valence-electron chi connectivity index (χ2n) is 5.70. The molecule has 25 heavy (non-hydrogen) atoms. The number of ether oxygens (including phenoxy) is 1. The van der Waals surface area contributed by atoms with Gasteiger partial charge in [0.2, 0.25) is 5.95 Å². The van der Waals surface area contributed by atoms with Gasteiger partial charge in [-0.1, -0.05) is 0 Å². The van der Waals surface area contributed by atoms with E-state index in [2.05, 4.69) is 15.3 Å². The minimum Gasteiger partial charge on any atom is -0.468 e. The lowest BCUT2D eigenvalue weighted by Crippen LogP contribution is -2.42. The molecule has 0 aliphatic carbocycles. The number of furan rings is 1. The topological polar surface area (TPSA) is 111 Å². The molecule has 0 radical (unpaired) electrons. The largest absolute Gasteiger partial charge is 0.468 e. The van der Waals surface area contributed by atoms with Gasteiger partial charge in [-0.15, -0.1) is 0 Å². The molecule has 3 aromatic heterocycles. The molecule has 1 aliphatic heterocycles. The Labute approximate surface area is 142 Å². The summed E-state index contributed by atoms with van der Waals surface area (Å²) in [4.78, 5) is 23.4. The number of hydrogen-bond acceptors (Lipinski definition) is 8. The number of rotatable bonds is 6. The van der Waals surface area contributed by atoms with Crippen LogP contribution in [0.1, 0.15) is 5.76 Å². The smallest absolute Gasteiger partial charge is 0.284 e. The Kier molecular flexibility index (Phi) is 4.22. The van der Waals surface area contributed by atoms with E-state index in [1.807, 2.05) is 17.0 Å². The number of fused-ring (bicyclic) bond motifs is 2. The van der Waals surface area contributed by atoms with Gasteiger partial charge in [-0.05, 0) is 12.1 Å². The van der Waals surface area contributed by atoms with Crippen molar-refractivity contribution >= 4 is 17.1 Å². The second-order valence-corrected chi connectivity index (χ2v) is 5.70. The molecule has 0 atom stereocenters. The molecule has 4 rings (SSSR count). The Morgan fingerprint density at radius 1 is 1.44 bits per heavy atom. The van der Waals surface area contributed by atoms with Crippen LogP contribution in [0.5, 0.6) is 0 Å². The zero-order valence-corrected chi connectivity index (χ0v) is 13.5. The van der Waals surface area contributed by atoms with Crippen molar-refractivity contribution in [2.45, 2.75) is 19.9 Å². The summed E-state index contributed by atoms with van der Waals surface area (Å²) >= 11 is 0. The van der Waals surface area contributed by atoms with Crippen LogP contribution in [0, 0.1) is 0 Å². The highest BCUT2D eigenvalue weighted by molar-refractivity contribution is 5.71. The maximum atomic E-state index is 12.7. The Balaban J connectivity index is 1.61. The summed E-state index contributed by atoms with van der Waals surface area (Å²) in [5, 5.41) is 11.9. The second kappa shape index (κ2) is 6.67. The van der Waals surface area contributed by atoms with Crippen molar-refractivity contribution in [3.63, 3.8) is 0 Å². The molecule has 10 heteroatoms. The van der Waals surface area contributed by atoms with E-state index in [0.717, 1.165) is 5.76 Å². The molecule has 0 bridgehead atoms. The van der Waals surface area contributed by atoms with Gasteiger partial charge in [0.1, 0.15) is 12.5 Å². The van der Waals surface area contributed by atoms with Crippen LogP contribution in [0.2, 0.25) is 0 Å². The third-order valence-electron chi connectivity index (χ3n) is 3.95. The van der Waals surface area contributed by atoms with Gasteiger partial charge in [-0.2, -0.15) is 4.98 Å². The van der Waals surface area contributed by atoms with Crippen molar-refractivity contribution in [1.29, 1.82) is 0 Å². The van der Waals surface area contributed by atoms with E-state index in [-0.39, 0.29) is 31.0 Å². The van der Waals surface area contributed by atoms with Crippen molar-refractivity contribution in [3.8, 4) is 0 Å². The van der Waals surface area contributed by atoms with Crippen LogP contribution in [0.25, 0.3) is 11.2 Å². The average molecular weight is 346 g/mol. The minimum atomic E-state index is -0.211. The number of imidazole rings is 1. The monoisotopic (exact) mass is 346 g/mol. The maximum Gasteiger partial charge on any atom is 0.284 e. The molecule has 3 aromatic rings. The van der Waals surface area contributed by atoms with Crippen LogP contribution in [0.15, 0.2) is 33.9 Å². The number of aliphatic hydroxyl groups is 1. The van der Waals surface area contributed by atoms with E-state index in [4.69, 9.17) is 14.3 Å². The standard InChI is InChI=1S/C15H18N6O4/c22-3-5-24-10-20-8-16-12-13(20)18-15-17-7-19(9-21(15)14(12)23)6-11-2-1-4-25-11/h1-2,4,8,22H,3,5-7,9-10H2,(H,17,18). The minimum absolute atomic E-state index is 0.0643. The van der Waals surface area contributed by atoms with Gasteiger partial charge >= 0.3 is 0 Å². The predicted molar refractivity (Wildman–Crippen MR) is 87.6 cm³/mol. The van der Waals surface area contributed by atoms with E-state index in [9.17, 15) is 4.79 Å². The molecular formula is C15H18N6O4. The van der Waals surface area contributed by atoms with E-state index < -0.39 is 0 Å². The molecule has 2 N–H and O–H groups in total. The zero-order chi connectivity index (χ0) is 17.2. The first kappa shape index (κ1) is 15.8. The highest BCUT2D eigenvalue weighted by atomic mass is 16.5. The Morgan fingerprint density at radius 3 is 3.16 bits per heavy atom. The molecule has 0 amide bonds. The number of nitrogens with zero attached hydrogens (tertiary/aromatic N) is 5. The molecule has 132 valence electrons. The summed E-state index contributed by atoms with van der Waals surface area (Å²) in [6.45, 7) is 1.87. The van der Waals surface area contributed by atoms with E-state index >= 15 is 0 Å². The number of anilines is 1. The number of aliphatic hydroxyl groups excluding tert-OH is 1. The molecule has 4 heterocycles. The number of hydrogen-bond donors (Lipinski definition) is 2. The highest BCUT2D eigenvalue weighted by Gasteiger charge is 2.22. The van der Waals surface area contributed by atoms with Gasteiger partial charge < -0.3 is 19.6 Å². The lowest BCUT2D eigenvalue weighted by Gasteiger charge is -2.29. The molecule has 0 aromatic carbocycles. The van der Waals surface area contributed by atoms with Crippen LogP contribution in [-0.2, 0) is 24.7 Å². The fourth-order valence-electron chi connectivity index (χ4n) is 2.78. The maximum absolute atomic E-state index is 12.7. The Morgan fingerprint density at radius 2 is 2.36 bits per heavy atom. The highest BCUT2D eigenvalue weighted by Crippen LogP contribution is 2.16. The summed E-state index contributed by atoms with van der Waals surface area (Å²) in [6.07, 6.45) is 3.15. The van der Waals surface area contributed by atoms with E-state index in [0.29, 0.717) is 31.5 Å². The van der Waals surface area contributed by atoms with E-state index in [1.54, 1.807) is 15.4 Å². The summed E-state index contributed by atoms with van der Waals surface area (Å²) in [6, 6.07) is 3.73. The normalized spacial score (nSPS) is 14.6. The molecule has 10 nitrogen and oxygen atoms in total. The summed E-state index contributed by atoms with van der Waals surface area (Å²) < 4.78 is 13.8. The van der Waals surface area contributed by atoms with Gasteiger partial charge in [0.25, 0.3) is 5.56 Å². The van der Waals surface area contributed by atoms with Crippen molar-refractivity contribution in [2.24, 2.45) is 0 Å². The predicted octanol–water partition coefficient (Wildman–Crippen LogP) is -0.00490. The third kappa shape index (κ3) is 3.02. The van der Waals surface area contributed by atoms with Gasteiger partial charge in [0.15, 0.2) is 11.2 Å². The summed E-state index contributed by atoms with van der Waals surface area (Å²) in [5.74, 6) is 1.33. The van der Waals surface area contributed by atoms with Gasteiger partial charge in [0, 0.05) is 0 Å². The van der Waals surface area contributed by atoms with Gasteiger partial charge in [0.05, 0.1) is 45.7 Å². The SMILES string of the molecule is O=c1c2ncn(COCCO)c2nc2n1CN(Cc1ccco1)CN2. The van der Waals surface area contributed by atoms with Crippen molar-refractivity contribution in [2.75, 3.05) is 25.2 Å². The quantitative estimate of drug-likeness (QED) is 0.600. The molecule has 0 saturated heterocycles. The number of nitrogens with one attached hydrogen (secondary N) is 1. The first-order valence-electron chi connectivity index (χ1n) is 7.89. The first-order valence-corrected chi connectivity index (χ1v) is 7.89. The lowest BCUT2D eigenvalue weighted by molar-refractivity contribution is 0.0499. The molecule has 0 fully saturated rings. The molecule has 0 unspecified atom stereocenters. The van der Waals surface area contributed by atoms with Crippen LogP contribution >= 0.6 is 0 Å². The molecule has 0 spiro atoms. The van der Waals surface area contributed by atoms with Crippen LogP contribution in [0.3, 0.4) is 0 Å². The van der Waals surface area contributed by atoms with Crippen LogP contribution in [0.4, 0.5) is 5.95 Å². The van der Waals surface area contributed by atoms with Gasteiger partial charge in [-0.3, -0.25) is 18.8 Å². The van der Waals surface area contributed by atoms with Gasteiger partial charge in [-0.25, -0.2) is 4.98 Å². The molecular weight excluding hydrogens is 328 g/mol. The summed E-state index contributed by atoms with van der Waals surface area (Å²) in [7, 11) is 0. The van der Waals surface area contributed by atoms with E-state index in [1.165, 1.54) is 6.33 Å². The zero-order valence-electron chi connectivity index (χ0n) is 13.5. The summed E-state index contributed by atoms with van der Waals surface area (Å²) in [5.41, 5.74) is 0.539. The Bertz CT molecular complexity index is 916. The van der Waals surface area contributed by atoms with Crippen LogP contribution < -0.4 is 10.9 Å². The van der Waals surface area contributed by atoms with Crippen LogP contribution in [-0.4, -0.2) is 49.0 Å². The average Bonchev–Trinajstić information content (AvgIpc) is 3.26. The van der Waals surface area contributed by atoms with Crippen molar-refractivity contribution in [1.82, 2.24) is 24.0 Å². The third-order valence-corrected chi connectivity index (χ3v) is 3.95. The lowest BCUT2D eigenvalue weighted by atomic mass is 10.4. The Hall–Kier alpha value is -2.69. The van der Waals surface area contributed by atoms with Crippen molar-refractivity contribution < 1.29 is 14.3 Å². The first-order chi connectivity index (χ1) is 12.3. The fourth-order valence-corrected chi connectivity index (χ4v) is 2.78. The van der Waals surface area contributed by atoms with Crippen molar-refractivity contribution in [3.05, 3.63) is 40.8 Å². The molecule has 1 aliphatic rings.